The van der Waals surface area contributed by atoms with Crippen LogP contribution in [0.15, 0.2) is 30.3 Å². The van der Waals surface area contributed by atoms with Crippen molar-refractivity contribution in [3.63, 3.8) is 0 Å². The fourth-order valence-electron chi connectivity index (χ4n) is 3.40. The van der Waals surface area contributed by atoms with Crippen LogP contribution >= 0.6 is 0 Å². The van der Waals surface area contributed by atoms with Gasteiger partial charge in [-0.25, -0.2) is 0 Å². The molecule has 1 aliphatic rings. The highest BCUT2D eigenvalue weighted by molar-refractivity contribution is 5.82. The molecule has 0 aliphatic carbocycles. The molecule has 2 unspecified atom stereocenters. The topological polar surface area (TPSA) is 49.6 Å². The third-order valence-electron chi connectivity index (χ3n) is 5.08. The van der Waals surface area contributed by atoms with E-state index >= 15 is 0 Å². The zero-order valence-corrected chi connectivity index (χ0v) is 15.4. The first-order chi connectivity index (χ1) is 11.5. The van der Waals surface area contributed by atoms with Crippen molar-refractivity contribution < 1.29 is 4.79 Å². The van der Waals surface area contributed by atoms with Crippen LogP contribution in [0, 0.1) is 5.92 Å². The van der Waals surface area contributed by atoms with Crippen LogP contribution in [0.25, 0.3) is 0 Å². The molecule has 1 heterocycles. The summed E-state index contributed by atoms with van der Waals surface area (Å²) in [6, 6.07) is 10.5. The summed E-state index contributed by atoms with van der Waals surface area (Å²) in [7, 11) is 0. The molecule has 1 saturated heterocycles. The maximum Gasteiger partial charge on any atom is 0.240 e. The van der Waals surface area contributed by atoms with Crippen LogP contribution in [0.5, 0.6) is 0 Å². The first-order valence-corrected chi connectivity index (χ1v) is 9.35. The molecule has 0 saturated carbocycles. The first-order valence-electron chi connectivity index (χ1n) is 9.35. The first kappa shape index (κ1) is 18.9. The van der Waals surface area contributed by atoms with E-state index in [-0.39, 0.29) is 17.9 Å². The molecule has 24 heavy (non-hydrogen) atoms. The van der Waals surface area contributed by atoms with Crippen molar-refractivity contribution in [1.82, 2.24) is 9.80 Å². The highest BCUT2D eigenvalue weighted by Crippen LogP contribution is 2.21. The van der Waals surface area contributed by atoms with Gasteiger partial charge in [0.15, 0.2) is 0 Å². The van der Waals surface area contributed by atoms with Crippen LogP contribution in [0.4, 0.5) is 0 Å². The van der Waals surface area contributed by atoms with E-state index in [9.17, 15) is 4.79 Å². The van der Waals surface area contributed by atoms with Gasteiger partial charge in [-0.15, -0.1) is 0 Å². The summed E-state index contributed by atoms with van der Waals surface area (Å²) >= 11 is 0. The molecule has 1 aromatic carbocycles. The number of benzene rings is 1. The van der Waals surface area contributed by atoms with Gasteiger partial charge in [-0.3, -0.25) is 9.69 Å². The van der Waals surface area contributed by atoms with E-state index in [2.05, 4.69) is 47.1 Å². The Morgan fingerprint density at radius 1 is 1.29 bits per heavy atom. The smallest absolute Gasteiger partial charge is 0.240 e. The minimum atomic E-state index is -0.380. The minimum absolute atomic E-state index is 0.130. The van der Waals surface area contributed by atoms with Gasteiger partial charge in [-0.05, 0) is 37.3 Å². The van der Waals surface area contributed by atoms with Gasteiger partial charge < -0.3 is 10.6 Å². The van der Waals surface area contributed by atoms with Crippen molar-refractivity contribution in [3.8, 4) is 0 Å². The van der Waals surface area contributed by atoms with Crippen LogP contribution in [-0.2, 0) is 11.3 Å². The summed E-state index contributed by atoms with van der Waals surface area (Å²) in [5.74, 6) is 0.317. The average Bonchev–Trinajstić information content (AvgIpc) is 2.61. The molecule has 2 atom stereocenters. The fraction of sp³-hybridized carbons (Fsp3) is 0.650. The number of nitrogens with zero attached hydrogens (tertiary/aromatic N) is 2. The zero-order chi connectivity index (χ0) is 17.5. The van der Waals surface area contributed by atoms with E-state index in [0.29, 0.717) is 6.04 Å². The van der Waals surface area contributed by atoms with Crippen molar-refractivity contribution in [2.45, 2.75) is 58.7 Å². The van der Waals surface area contributed by atoms with Crippen LogP contribution in [-0.4, -0.2) is 47.4 Å². The lowest BCUT2D eigenvalue weighted by Crippen LogP contribution is -2.55. The molecule has 2 N–H and O–H groups in total. The van der Waals surface area contributed by atoms with E-state index in [1.165, 1.54) is 12.0 Å². The normalized spacial score (nSPS) is 19.8. The molecule has 1 aromatic rings. The molecule has 1 fully saturated rings. The fourth-order valence-corrected chi connectivity index (χ4v) is 3.40. The molecular formula is C20H33N3O. The van der Waals surface area contributed by atoms with E-state index in [4.69, 9.17) is 5.73 Å². The third-order valence-corrected chi connectivity index (χ3v) is 5.08. The second-order valence-corrected chi connectivity index (χ2v) is 7.26. The van der Waals surface area contributed by atoms with E-state index in [0.717, 1.165) is 39.0 Å². The van der Waals surface area contributed by atoms with Crippen molar-refractivity contribution in [1.29, 1.82) is 0 Å². The van der Waals surface area contributed by atoms with E-state index in [1.54, 1.807) is 0 Å². The Kier molecular flexibility index (Phi) is 7.25. The van der Waals surface area contributed by atoms with E-state index in [1.807, 2.05) is 13.8 Å². The number of hydrogen-bond donors (Lipinski definition) is 1. The molecule has 0 radical (unpaired) electrons. The van der Waals surface area contributed by atoms with Crippen molar-refractivity contribution in [2.24, 2.45) is 11.7 Å². The number of amides is 1. The molecule has 0 bridgehead atoms. The largest absolute Gasteiger partial charge is 0.337 e. The second kappa shape index (κ2) is 9.19. The van der Waals surface area contributed by atoms with Crippen molar-refractivity contribution >= 4 is 5.91 Å². The number of hydrogen-bond acceptors (Lipinski definition) is 3. The summed E-state index contributed by atoms with van der Waals surface area (Å²) < 4.78 is 0. The Balaban J connectivity index is 2.02. The lowest BCUT2D eigenvalue weighted by molar-refractivity contribution is -0.137. The number of piperidine rings is 1. The minimum Gasteiger partial charge on any atom is -0.337 e. The van der Waals surface area contributed by atoms with Gasteiger partial charge >= 0.3 is 0 Å². The standard InChI is InChI=1S/C20H33N3O/c1-4-22(14-17-10-6-5-7-11-17)15-18-12-8-9-13-23(18)20(24)19(21)16(2)3/h5-7,10-11,16,18-19H,4,8-9,12-15,21H2,1-3H3. The predicted octanol–water partition coefficient (Wildman–Crippen LogP) is 2.87. The van der Waals surface area contributed by atoms with Crippen LogP contribution in [0.3, 0.4) is 0 Å². The molecule has 1 amide bonds. The summed E-state index contributed by atoms with van der Waals surface area (Å²) in [4.78, 5) is 17.3. The molecule has 134 valence electrons. The van der Waals surface area contributed by atoms with Crippen LogP contribution < -0.4 is 5.73 Å². The Bertz CT molecular complexity index is 503. The number of rotatable bonds is 7. The highest BCUT2D eigenvalue weighted by atomic mass is 16.2. The summed E-state index contributed by atoms with van der Waals surface area (Å²) in [5.41, 5.74) is 7.46. The summed E-state index contributed by atoms with van der Waals surface area (Å²) in [5, 5.41) is 0. The second-order valence-electron chi connectivity index (χ2n) is 7.26. The van der Waals surface area contributed by atoms with Gasteiger partial charge in [-0.1, -0.05) is 51.1 Å². The number of nitrogens with two attached hydrogens (primary N) is 1. The van der Waals surface area contributed by atoms with Crippen LogP contribution in [0.1, 0.15) is 45.6 Å². The molecule has 1 aliphatic heterocycles. The van der Waals surface area contributed by atoms with Crippen molar-refractivity contribution in [3.05, 3.63) is 35.9 Å². The summed E-state index contributed by atoms with van der Waals surface area (Å²) in [6.07, 6.45) is 3.38. The van der Waals surface area contributed by atoms with E-state index < -0.39 is 0 Å². The molecule has 0 aromatic heterocycles. The monoisotopic (exact) mass is 331 g/mol. The number of carbonyl (C=O) groups is 1. The molecular weight excluding hydrogens is 298 g/mol. The average molecular weight is 332 g/mol. The lowest BCUT2D eigenvalue weighted by atomic mass is 9.97. The number of likely N-dealkylation sites (tertiary alicyclic amines) is 1. The predicted molar refractivity (Wildman–Crippen MR) is 99.6 cm³/mol. The zero-order valence-electron chi connectivity index (χ0n) is 15.4. The Morgan fingerprint density at radius 2 is 2.00 bits per heavy atom. The van der Waals surface area contributed by atoms with Crippen molar-refractivity contribution in [2.75, 3.05) is 19.6 Å². The SMILES string of the molecule is CCN(Cc1ccccc1)CC1CCCCN1C(=O)C(N)C(C)C. The van der Waals surface area contributed by atoms with Gasteiger partial charge in [0.05, 0.1) is 6.04 Å². The van der Waals surface area contributed by atoms with Gasteiger partial charge in [0, 0.05) is 25.7 Å². The molecule has 4 heteroatoms. The molecule has 2 rings (SSSR count). The van der Waals surface area contributed by atoms with Crippen LogP contribution in [0.2, 0.25) is 0 Å². The number of likely N-dealkylation sites (N-methyl/N-ethyl adjacent to an activating group) is 1. The Hall–Kier alpha value is -1.39. The molecule has 0 spiro atoms. The highest BCUT2D eigenvalue weighted by Gasteiger charge is 2.31. The summed E-state index contributed by atoms with van der Waals surface area (Å²) in [6.45, 7) is 9.95. The maximum absolute atomic E-state index is 12.8. The molecule has 4 nitrogen and oxygen atoms in total. The lowest BCUT2D eigenvalue weighted by Gasteiger charge is -2.40. The van der Waals surface area contributed by atoms with Gasteiger partial charge in [0.25, 0.3) is 0 Å². The quantitative estimate of drug-likeness (QED) is 0.836. The van der Waals surface area contributed by atoms with Gasteiger partial charge in [0.2, 0.25) is 5.91 Å². The number of carbonyl (C=O) groups excluding carboxylic acids is 1. The third kappa shape index (κ3) is 5.05. The Labute approximate surface area is 147 Å². The van der Waals surface area contributed by atoms with Gasteiger partial charge in [-0.2, -0.15) is 0 Å². The maximum atomic E-state index is 12.8. The van der Waals surface area contributed by atoms with Gasteiger partial charge in [0.1, 0.15) is 0 Å². The Morgan fingerprint density at radius 3 is 2.62 bits per heavy atom.